The Morgan fingerprint density at radius 2 is 1.73 bits per heavy atom. The number of hydrogen-bond donors (Lipinski definition) is 2. The third-order valence-corrected chi connectivity index (χ3v) is 14.1. The Balaban J connectivity index is 1.04. The van der Waals surface area contributed by atoms with Gasteiger partial charge in [0.2, 0.25) is 0 Å². The lowest BCUT2D eigenvalue weighted by Crippen LogP contribution is -2.65. The molecule has 0 spiro atoms. The maximum Gasteiger partial charge on any atom is 0.407 e. The van der Waals surface area contributed by atoms with Crippen molar-refractivity contribution >= 4 is 21.6 Å². The van der Waals surface area contributed by atoms with Crippen LogP contribution in [0.15, 0.2) is 53.4 Å². The normalized spacial score (nSPS) is 26.6. The molecular weight excluding hydrogens is 636 g/mol. The van der Waals surface area contributed by atoms with Crippen molar-refractivity contribution < 1.29 is 26.7 Å². The van der Waals surface area contributed by atoms with Crippen molar-refractivity contribution in [1.29, 1.82) is 0 Å². The molecule has 2 aromatic rings. The van der Waals surface area contributed by atoms with Gasteiger partial charge in [-0.05, 0) is 112 Å². The zero-order valence-corrected chi connectivity index (χ0v) is 28.7. The maximum absolute atomic E-state index is 16.1. The highest BCUT2D eigenvalue weighted by Crippen LogP contribution is 2.51. The van der Waals surface area contributed by atoms with Gasteiger partial charge >= 0.3 is 6.09 Å². The summed E-state index contributed by atoms with van der Waals surface area (Å²) >= 11 is 0. The number of amides is 1. The predicted molar refractivity (Wildman–Crippen MR) is 181 cm³/mol. The molecular formula is C36H49F2N5O4S. The van der Waals surface area contributed by atoms with E-state index in [0.717, 1.165) is 82.5 Å². The summed E-state index contributed by atoms with van der Waals surface area (Å²) in [5.74, 6) is 0.143. The average molecular weight is 686 g/mol. The first-order valence-electron chi connectivity index (χ1n) is 17.6. The summed E-state index contributed by atoms with van der Waals surface area (Å²) in [6.07, 6.45) is 5.29. The van der Waals surface area contributed by atoms with Crippen LogP contribution >= 0.6 is 0 Å². The van der Waals surface area contributed by atoms with Crippen LogP contribution in [-0.2, 0) is 20.0 Å². The van der Waals surface area contributed by atoms with E-state index in [0.29, 0.717) is 24.5 Å². The molecule has 7 rings (SSSR count). The molecule has 48 heavy (non-hydrogen) atoms. The van der Waals surface area contributed by atoms with Gasteiger partial charge < -0.3 is 25.2 Å². The molecule has 9 nitrogen and oxygen atoms in total. The first-order valence-corrected chi connectivity index (χ1v) is 19.2. The predicted octanol–water partition coefficient (Wildman–Crippen LogP) is 3.98. The second-order valence-corrected chi connectivity index (χ2v) is 17.1. The number of sulfone groups is 1. The number of nitrogens with one attached hydrogen (secondary N) is 2. The Labute approximate surface area is 283 Å². The molecule has 1 unspecified atom stereocenters. The molecule has 12 heteroatoms. The second kappa shape index (κ2) is 13.5. The third-order valence-electron chi connectivity index (χ3n) is 11.9. The minimum atomic E-state index is -3.34. The fourth-order valence-corrected chi connectivity index (χ4v) is 10.8. The topological polar surface area (TPSA) is 94.2 Å². The lowest BCUT2D eigenvalue weighted by Gasteiger charge is -2.54. The Kier molecular flexibility index (Phi) is 9.47. The van der Waals surface area contributed by atoms with Crippen LogP contribution in [0.2, 0.25) is 0 Å². The van der Waals surface area contributed by atoms with Crippen molar-refractivity contribution in [2.45, 2.75) is 65.8 Å². The van der Waals surface area contributed by atoms with Crippen molar-refractivity contribution in [3.8, 4) is 0 Å². The van der Waals surface area contributed by atoms with E-state index in [4.69, 9.17) is 4.74 Å². The monoisotopic (exact) mass is 685 g/mol. The number of anilines is 1. The highest BCUT2D eigenvalue weighted by Gasteiger charge is 2.54. The maximum atomic E-state index is 16.1. The van der Waals surface area contributed by atoms with Crippen molar-refractivity contribution in [1.82, 2.24) is 20.4 Å². The Morgan fingerprint density at radius 1 is 1.00 bits per heavy atom. The van der Waals surface area contributed by atoms with Gasteiger partial charge in [0.1, 0.15) is 5.82 Å². The van der Waals surface area contributed by atoms with Gasteiger partial charge in [0.25, 0.3) is 0 Å². The van der Waals surface area contributed by atoms with E-state index < -0.39 is 21.6 Å². The largest absolute Gasteiger partial charge is 0.453 e. The SMILES string of the molecule is COC(=O)N[C@H]1CCC[C@@H]1C(CN1CCC1)(c1cccc(F)c1)C1CCN(CC2(F)CN(c3ccc(S(=O)(=O)C4CNC4)cc3)C2)CC1. The van der Waals surface area contributed by atoms with Crippen LogP contribution in [0, 0.1) is 17.7 Å². The fourth-order valence-electron chi connectivity index (χ4n) is 9.19. The molecule has 3 atom stereocenters. The van der Waals surface area contributed by atoms with Gasteiger partial charge in [0.05, 0.1) is 30.3 Å². The smallest absolute Gasteiger partial charge is 0.407 e. The van der Waals surface area contributed by atoms with Crippen LogP contribution in [0.5, 0.6) is 0 Å². The number of methoxy groups -OCH3 is 1. The first kappa shape index (κ1) is 33.7. The molecule has 0 radical (unpaired) electrons. The molecule has 1 saturated carbocycles. The molecule has 4 aliphatic heterocycles. The number of benzene rings is 2. The fraction of sp³-hybridized carbons (Fsp3) is 0.639. The number of nitrogens with zero attached hydrogens (tertiary/aromatic N) is 3. The van der Waals surface area contributed by atoms with E-state index in [1.54, 1.807) is 30.3 Å². The van der Waals surface area contributed by atoms with E-state index >= 15 is 4.39 Å². The highest BCUT2D eigenvalue weighted by molar-refractivity contribution is 7.92. The number of piperidine rings is 1. The van der Waals surface area contributed by atoms with E-state index in [9.17, 15) is 17.6 Å². The molecule has 5 aliphatic rings. The molecule has 1 aliphatic carbocycles. The van der Waals surface area contributed by atoms with Gasteiger partial charge in [-0.3, -0.25) is 4.90 Å². The quantitative estimate of drug-likeness (QED) is 0.367. The molecule has 2 N–H and O–H groups in total. The zero-order chi connectivity index (χ0) is 33.5. The number of likely N-dealkylation sites (tertiary alicyclic amines) is 2. The summed E-state index contributed by atoms with van der Waals surface area (Å²) in [6, 6.07) is 13.9. The number of alkyl carbamates (subject to hydrolysis) is 1. The van der Waals surface area contributed by atoms with Crippen LogP contribution < -0.4 is 15.5 Å². The van der Waals surface area contributed by atoms with Crippen molar-refractivity contribution in [3.63, 3.8) is 0 Å². The summed E-state index contributed by atoms with van der Waals surface area (Å²) in [7, 11) is -1.94. The van der Waals surface area contributed by atoms with E-state index in [-0.39, 0.29) is 47.4 Å². The lowest BCUT2D eigenvalue weighted by atomic mass is 9.57. The number of halogens is 2. The summed E-state index contributed by atoms with van der Waals surface area (Å²) in [5.41, 5.74) is 0.154. The van der Waals surface area contributed by atoms with Gasteiger partial charge in [-0.25, -0.2) is 22.0 Å². The Hall–Kier alpha value is -2.80. The van der Waals surface area contributed by atoms with E-state index in [1.165, 1.54) is 13.2 Å². The first-order chi connectivity index (χ1) is 23.1. The third kappa shape index (κ3) is 6.45. The summed E-state index contributed by atoms with van der Waals surface area (Å²) < 4.78 is 61.5. The minimum Gasteiger partial charge on any atom is -0.453 e. The number of ether oxygens (including phenoxy) is 1. The zero-order valence-electron chi connectivity index (χ0n) is 27.9. The molecule has 5 fully saturated rings. The second-order valence-electron chi connectivity index (χ2n) is 14.8. The minimum absolute atomic E-state index is 0.0560. The average Bonchev–Trinajstić information content (AvgIpc) is 3.47. The van der Waals surface area contributed by atoms with Gasteiger partial charge in [-0.2, -0.15) is 0 Å². The van der Waals surface area contributed by atoms with Gasteiger partial charge in [0.15, 0.2) is 15.5 Å². The number of alkyl halides is 1. The van der Waals surface area contributed by atoms with Crippen molar-refractivity contribution in [3.05, 3.63) is 59.9 Å². The van der Waals surface area contributed by atoms with Crippen LogP contribution in [0.3, 0.4) is 0 Å². The number of carbonyl (C=O) groups excluding carboxylic acids is 1. The summed E-state index contributed by atoms with van der Waals surface area (Å²) in [5, 5.41) is 5.78. The van der Waals surface area contributed by atoms with Crippen molar-refractivity contribution in [2.75, 3.05) is 77.5 Å². The molecule has 4 saturated heterocycles. The van der Waals surface area contributed by atoms with Gasteiger partial charge in [0, 0.05) is 43.3 Å². The molecule has 1 amide bonds. The van der Waals surface area contributed by atoms with Crippen LogP contribution in [-0.4, -0.2) is 114 Å². The molecule has 0 aromatic heterocycles. The molecule has 2 aromatic carbocycles. The molecule has 262 valence electrons. The summed E-state index contributed by atoms with van der Waals surface area (Å²) in [4.78, 5) is 19.5. The van der Waals surface area contributed by atoms with Crippen molar-refractivity contribution in [2.24, 2.45) is 11.8 Å². The molecule has 0 bridgehead atoms. The van der Waals surface area contributed by atoms with Gasteiger partial charge in [-0.1, -0.05) is 18.6 Å². The Bertz CT molecular complexity index is 1560. The number of rotatable bonds is 11. The van der Waals surface area contributed by atoms with Crippen LogP contribution in [0.1, 0.15) is 44.1 Å². The summed E-state index contributed by atoms with van der Waals surface area (Å²) in [6.45, 7) is 6.26. The number of hydrogen-bond acceptors (Lipinski definition) is 8. The molecule has 4 heterocycles. The van der Waals surface area contributed by atoms with E-state index in [2.05, 4.69) is 26.5 Å². The lowest BCUT2D eigenvalue weighted by molar-refractivity contribution is 0.00584. The van der Waals surface area contributed by atoms with Crippen LogP contribution in [0.25, 0.3) is 0 Å². The number of carbonyl (C=O) groups is 1. The highest BCUT2D eigenvalue weighted by atomic mass is 32.2. The van der Waals surface area contributed by atoms with E-state index in [1.807, 2.05) is 11.0 Å². The van der Waals surface area contributed by atoms with Crippen LogP contribution in [0.4, 0.5) is 19.3 Å². The Morgan fingerprint density at radius 3 is 2.33 bits per heavy atom. The van der Waals surface area contributed by atoms with Gasteiger partial charge in [-0.15, -0.1) is 0 Å². The standard InChI is InChI=1S/C36H49F2N5O4S/c1-47-34(44)40-33-8-3-7-32(33)36(25-41-15-4-16-41,27-5-2-6-28(37)19-27)26-13-17-42(18-14-26)22-35(38)23-43(24-35)29-9-11-30(12-10-29)48(45,46)31-20-39-21-31/h2,5-6,9-12,19,26,31-33,39H,3-4,7-8,13-18,20-25H2,1H3,(H,40,44)/t32-,33-,36?/m0/s1.